The minimum atomic E-state index is -3.32. The van der Waals surface area contributed by atoms with Crippen molar-refractivity contribution >= 4 is 20.0 Å². The Morgan fingerprint density at radius 1 is 1.05 bits per heavy atom. The van der Waals surface area contributed by atoms with Crippen molar-refractivity contribution in [3.63, 3.8) is 0 Å². The molecule has 0 aromatic carbocycles. The molecular weight excluding hydrogens is 326 g/mol. The average Bonchev–Trinajstić information content (AvgIpc) is 3.03. The first-order chi connectivity index (χ1) is 10.2. The molecule has 9 heteroatoms. The molecule has 1 atom stereocenters. The van der Waals surface area contributed by atoms with E-state index in [1.165, 1.54) is 34.0 Å². The van der Waals surface area contributed by atoms with Gasteiger partial charge in [-0.1, -0.05) is 0 Å². The maximum atomic E-state index is 12.0. The lowest BCUT2D eigenvalue weighted by atomic mass is 10.2. The Labute approximate surface area is 134 Å². The molecule has 2 rings (SSSR count). The van der Waals surface area contributed by atoms with Crippen molar-refractivity contribution in [3.05, 3.63) is 0 Å². The van der Waals surface area contributed by atoms with E-state index in [4.69, 9.17) is 0 Å². The van der Waals surface area contributed by atoms with E-state index in [0.29, 0.717) is 19.5 Å². The highest BCUT2D eigenvalue weighted by atomic mass is 32.2. The average molecular weight is 354 g/mol. The van der Waals surface area contributed by atoms with Crippen LogP contribution in [0.15, 0.2) is 0 Å². The highest BCUT2D eigenvalue weighted by Crippen LogP contribution is 2.21. The second-order valence-corrected chi connectivity index (χ2v) is 10.3. The van der Waals surface area contributed by atoms with Gasteiger partial charge in [0.05, 0.1) is 12.5 Å². The molecule has 0 saturated carbocycles. The highest BCUT2D eigenvalue weighted by molar-refractivity contribution is 7.88. The zero-order chi connectivity index (χ0) is 16.4. The van der Waals surface area contributed by atoms with Crippen molar-refractivity contribution in [1.29, 1.82) is 0 Å². The Kier molecular flexibility index (Phi) is 5.87. The second kappa shape index (κ2) is 7.12. The van der Waals surface area contributed by atoms with Crippen LogP contribution < -0.4 is 0 Å². The van der Waals surface area contributed by atoms with Gasteiger partial charge in [-0.2, -0.15) is 4.31 Å². The second-order valence-electron chi connectivity index (χ2n) is 6.34. The van der Waals surface area contributed by atoms with E-state index in [9.17, 15) is 16.8 Å². The van der Waals surface area contributed by atoms with Gasteiger partial charge in [0.15, 0.2) is 0 Å². The van der Waals surface area contributed by atoms with E-state index in [2.05, 4.69) is 4.90 Å². The first kappa shape index (κ1) is 18.1. The number of nitrogens with zero attached hydrogens (tertiary/aromatic N) is 3. The van der Waals surface area contributed by atoms with Crippen LogP contribution in [-0.4, -0.2) is 88.2 Å². The van der Waals surface area contributed by atoms with Crippen LogP contribution in [0.25, 0.3) is 0 Å². The lowest BCUT2D eigenvalue weighted by Gasteiger charge is -2.27. The van der Waals surface area contributed by atoms with E-state index in [-0.39, 0.29) is 12.6 Å². The Hall–Kier alpha value is -0.220. The first-order valence-corrected chi connectivity index (χ1v) is 11.5. The summed E-state index contributed by atoms with van der Waals surface area (Å²) >= 11 is 0. The molecule has 7 nitrogen and oxygen atoms in total. The molecule has 2 fully saturated rings. The molecule has 0 aromatic rings. The summed E-state index contributed by atoms with van der Waals surface area (Å²) in [6.07, 6.45) is 6.20. The third-order valence-corrected chi connectivity index (χ3v) is 7.08. The minimum Gasteiger partial charge on any atom is -0.303 e. The standard InChI is InChI=1S/C13H27N3O4S2/c1-21(17,18)15-11-6-13(12-15)16(22(2,19)20)10-5-9-14-7-3-4-8-14/h13H,3-12H2,1-2H3. The van der Waals surface area contributed by atoms with E-state index in [1.807, 2.05) is 0 Å². The molecule has 0 aliphatic carbocycles. The zero-order valence-corrected chi connectivity index (χ0v) is 15.1. The molecule has 1 unspecified atom stereocenters. The molecule has 0 N–H and O–H groups in total. The molecular formula is C13H27N3O4S2. The van der Waals surface area contributed by atoms with Gasteiger partial charge in [0.25, 0.3) is 0 Å². The van der Waals surface area contributed by atoms with Crippen molar-refractivity contribution in [1.82, 2.24) is 13.5 Å². The van der Waals surface area contributed by atoms with E-state index < -0.39 is 20.0 Å². The molecule has 2 aliphatic rings. The topological polar surface area (TPSA) is 78.0 Å². The lowest BCUT2D eigenvalue weighted by Crippen LogP contribution is -2.43. The minimum absolute atomic E-state index is 0.233. The van der Waals surface area contributed by atoms with E-state index in [1.54, 1.807) is 0 Å². The number of likely N-dealkylation sites (tertiary alicyclic amines) is 1. The Bertz CT molecular complexity index is 570. The predicted molar refractivity (Wildman–Crippen MR) is 86.7 cm³/mol. The largest absolute Gasteiger partial charge is 0.303 e. The van der Waals surface area contributed by atoms with Gasteiger partial charge in [-0.05, 0) is 45.3 Å². The van der Waals surface area contributed by atoms with Crippen molar-refractivity contribution in [2.45, 2.75) is 31.7 Å². The fourth-order valence-corrected chi connectivity index (χ4v) is 5.38. The van der Waals surface area contributed by atoms with Gasteiger partial charge in [0.1, 0.15) is 0 Å². The monoisotopic (exact) mass is 353 g/mol. The van der Waals surface area contributed by atoms with Crippen LogP contribution in [-0.2, 0) is 20.0 Å². The summed E-state index contributed by atoms with van der Waals surface area (Å²) in [5.41, 5.74) is 0. The SMILES string of the molecule is CS(=O)(=O)N1CCC(N(CCCN2CCCC2)S(C)(=O)=O)C1. The van der Waals surface area contributed by atoms with Crippen LogP contribution in [0.1, 0.15) is 25.7 Å². The van der Waals surface area contributed by atoms with Gasteiger partial charge >= 0.3 is 0 Å². The molecule has 0 amide bonds. The van der Waals surface area contributed by atoms with Gasteiger partial charge in [-0.25, -0.2) is 21.1 Å². The third-order valence-electron chi connectivity index (χ3n) is 4.48. The van der Waals surface area contributed by atoms with Crippen LogP contribution in [0.3, 0.4) is 0 Å². The number of hydrogen-bond donors (Lipinski definition) is 0. The summed E-state index contributed by atoms with van der Waals surface area (Å²) in [6.45, 7) is 4.26. The van der Waals surface area contributed by atoms with Crippen LogP contribution in [0, 0.1) is 0 Å². The molecule has 22 heavy (non-hydrogen) atoms. The molecule has 0 radical (unpaired) electrons. The highest BCUT2D eigenvalue weighted by Gasteiger charge is 2.35. The summed E-state index contributed by atoms with van der Waals surface area (Å²) in [4.78, 5) is 2.36. The van der Waals surface area contributed by atoms with Gasteiger partial charge in [-0.15, -0.1) is 0 Å². The lowest BCUT2D eigenvalue weighted by molar-refractivity contribution is 0.282. The Morgan fingerprint density at radius 2 is 1.68 bits per heavy atom. The van der Waals surface area contributed by atoms with Gasteiger partial charge in [0.2, 0.25) is 20.0 Å². The van der Waals surface area contributed by atoms with Crippen molar-refractivity contribution < 1.29 is 16.8 Å². The summed E-state index contributed by atoms with van der Waals surface area (Å²) in [6, 6.07) is -0.233. The zero-order valence-electron chi connectivity index (χ0n) is 13.4. The molecule has 130 valence electrons. The van der Waals surface area contributed by atoms with Crippen molar-refractivity contribution in [2.24, 2.45) is 0 Å². The van der Waals surface area contributed by atoms with Crippen molar-refractivity contribution in [3.8, 4) is 0 Å². The first-order valence-electron chi connectivity index (χ1n) is 7.82. The number of sulfonamides is 2. The van der Waals surface area contributed by atoms with Crippen LogP contribution in [0.4, 0.5) is 0 Å². The molecule has 0 aromatic heterocycles. The number of hydrogen-bond acceptors (Lipinski definition) is 5. The van der Waals surface area contributed by atoms with Crippen molar-refractivity contribution in [2.75, 3.05) is 51.8 Å². The molecule has 0 spiro atoms. The maximum absolute atomic E-state index is 12.0. The third kappa shape index (κ3) is 4.89. The summed E-state index contributed by atoms with van der Waals surface area (Å²) in [7, 11) is -6.56. The van der Waals surface area contributed by atoms with Gasteiger partial charge in [0, 0.05) is 25.7 Å². The van der Waals surface area contributed by atoms with Gasteiger partial charge in [-0.3, -0.25) is 0 Å². The Morgan fingerprint density at radius 3 is 2.18 bits per heavy atom. The van der Waals surface area contributed by atoms with E-state index in [0.717, 1.165) is 26.1 Å². The fraction of sp³-hybridized carbons (Fsp3) is 1.00. The fourth-order valence-electron chi connectivity index (χ4n) is 3.32. The smallest absolute Gasteiger partial charge is 0.211 e. The van der Waals surface area contributed by atoms with Gasteiger partial charge < -0.3 is 4.90 Å². The molecule has 2 saturated heterocycles. The normalized spacial score (nSPS) is 25.3. The summed E-state index contributed by atoms with van der Waals surface area (Å²) in [5.74, 6) is 0. The number of rotatable bonds is 7. The molecule has 2 heterocycles. The molecule has 2 aliphatic heterocycles. The Balaban J connectivity index is 1.92. The van der Waals surface area contributed by atoms with Crippen LogP contribution >= 0.6 is 0 Å². The van der Waals surface area contributed by atoms with Crippen LogP contribution in [0.5, 0.6) is 0 Å². The maximum Gasteiger partial charge on any atom is 0.211 e. The van der Waals surface area contributed by atoms with E-state index >= 15 is 0 Å². The molecule has 0 bridgehead atoms. The summed E-state index contributed by atoms with van der Waals surface area (Å²) < 4.78 is 50.1. The predicted octanol–water partition coefficient (Wildman–Crippen LogP) is -0.232. The quantitative estimate of drug-likeness (QED) is 0.632. The van der Waals surface area contributed by atoms with Crippen LogP contribution in [0.2, 0.25) is 0 Å². The summed E-state index contributed by atoms with van der Waals surface area (Å²) in [5, 5.41) is 0.